The van der Waals surface area contributed by atoms with Crippen molar-refractivity contribution in [1.29, 1.82) is 0 Å². The van der Waals surface area contributed by atoms with Crippen LogP contribution >= 0.6 is 0 Å². The van der Waals surface area contributed by atoms with Gasteiger partial charge in [0.25, 0.3) is 0 Å². The molecule has 0 spiro atoms. The molecule has 0 aliphatic carbocycles. The molecule has 0 heterocycles. The molecule has 0 aliphatic heterocycles. The van der Waals surface area contributed by atoms with Gasteiger partial charge in [0.05, 0.1) is 0 Å². The minimum Gasteiger partial charge on any atom is -0.314 e. The number of fused-ring (bicyclic) bond motifs is 1. The standard InChI is InChI=1S/C17H20N2O/c1-12(2)13(3)11-18-17(20)19-16-9-8-14-6-4-5-7-15(14)10-16/h4-12H,1-3H3,(H2,18,19,20)/b13-11+. The molecule has 2 rings (SSSR count). The van der Waals surface area contributed by atoms with E-state index in [0.717, 1.165) is 22.0 Å². The summed E-state index contributed by atoms with van der Waals surface area (Å²) in [6.45, 7) is 6.18. The van der Waals surface area contributed by atoms with Crippen LogP contribution in [-0.2, 0) is 0 Å². The van der Waals surface area contributed by atoms with E-state index in [0.29, 0.717) is 5.92 Å². The first-order chi connectivity index (χ1) is 9.56. The molecule has 0 fully saturated rings. The van der Waals surface area contributed by atoms with Crippen molar-refractivity contribution in [3.8, 4) is 0 Å². The molecule has 0 aromatic heterocycles. The fraction of sp³-hybridized carbons (Fsp3) is 0.235. The number of allylic oxidation sites excluding steroid dienone is 1. The molecule has 0 atom stereocenters. The molecule has 0 aliphatic rings. The van der Waals surface area contributed by atoms with E-state index in [1.807, 2.05) is 49.4 Å². The van der Waals surface area contributed by atoms with E-state index in [2.05, 4.69) is 24.5 Å². The molecule has 0 saturated carbocycles. The Morgan fingerprint density at radius 2 is 1.80 bits per heavy atom. The quantitative estimate of drug-likeness (QED) is 0.844. The summed E-state index contributed by atoms with van der Waals surface area (Å²) >= 11 is 0. The van der Waals surface area contributed by atoms with Crippen LogP contribution in [0.15, 0.2) is 54.2 Å². The average molecular weight is 268 g/mol. The Morgan fingerprint density at radius 3 is 2.50 bits per heavy atom. The minimum absolute atomic E-state index is 0.222. The van der Waals surface area contributed by atoms with E-state index >= 15 is 0 Å². The van der Waals surface area contributed by atoms with Crippen LogP contribution in [0.25, 0.3) is 10.8 Å². The summed E-state index contributed by atoms with van der Waals surface area (Å²) in [6, 6.07) is 13.7. The fourth-order valence-electron chi connectivity index (χ4n) is 1.78. The van der Waals surface area contributed by atoms with Crippen LogP contribution in [0.4, 0.5) is 10.5 Å². The van der Waals surface area contributed by atoms with Crippen LogP contribution < -0.4 is 10.6 Å². The van der Waals surface area contributed by atoms with E-state index in [1.165, 1.54) is 0 Å². The summed E-state index contributed by atoms with van der Waals surface area (Å²) in [7, 11) is 0. The van der Waals surface area contributed by atoms with Crippen molar-refractivity contribution in [2.24, 2.45) is 5.92 Å². The number of amides is 2. The second-order valence-electron chi connectivity index (χ2n) is 5.20. The monoisotopic (exact) mass is 268 g/mol. The number of nitrogens with one attached hydrogen (secondary N) is 2. The lowest BCUT2D eigenvalue weighted by atomic mass is 10.1. The second kappa shape index (κ2) is 6.24. The number of urea groups is 1. The zero-order chi connectivity index (χ0) is 14.5. The Labute approximate surface area is 119 Å². The predicted octanol–water partition coefficient (Wildman–Crippen LogP) is 4.52. The summed E-state index contributed by atoms with van der Waals surface area (Å²) in [4.78, 5) is 11.8. The zero-order valence-electron chi connectivity index (χ0n) is 12.1. The Bertz CT molecular complexity index is 644. The molecule has 2 aromatic rings. The molecule has 3 heteroatoms. The number of benzene rings is 2. The largest absolute Gasteiger partial charge is 0.323 e. The molecule has 0 radical (unpaired) electrons. The highest BCUT2D eigenvalue weighted by molar-refractivity contribution is 5.93. The van der Waals surface area contributed by atoms with Crippen molar-refractivity contribution in [3.05, 3.63) is 54.2 Å². The highest BCUT2D eigenvalue weighted by atomic mass is 16.2. The Kier molecular flexibility index (Phi) is 4.41. The van der Waals surface area contributed by atoms with Crippen LogP contribution in [-0.4, -0.2) is 6.03 Å². The SMILES string of the molecule is C/C(=C\NC(=O)Nc1ccc2ccccc2c1)C(C)C. The molecule has 2 aromatic carbocycles. The molecular formula is C17H20N2O. The summed E-state index contributed by atoms with van der Waals surface area (Å²) in [6.07, 6.45) is 1.75. The zero-order valence-corrected chi connectivity index (χ0v) is 12.1. The molecule has 3 nitrogen and oxygen atoms in total. The van der Waals surface area contributed by atoms with Gasteiger partial charge >= 0.3 is 6.03 Å². The highest BCUT2D eigenvalue weighted by Gasteiger charge is 2.02. The maximum Gasteiger partial charge on any atom is 0.323 e. The van der Waals surface area contributed by atoms with Gasteiger partial charge in [0.2, 0.25) is 0 Å². The number of rotatable bonds is 3. The topological polar surface area (TPSA) is 41.1 Å². The first kappa shape index (κ1) is 14.1. The normalized spacial score (nSPS) is 11.7. The van der Waals surface area contributed by atoms with Gasteiger partial charge in [-0.2, -0.15) is 0 Å². The third kappa shape index (κ3) is 3.60. The molecule has 2 amide bonds. The molecule has 104 valence electrons. The van der Waals surface area contributed by atoms with Crippen molar-refractivity contribution >= 4 is 22.5 Å². The van der Waals surface area contributed by atoms with Crippen molar-refractivity contribution < 1.29 is 4.79 Å². The first-order valence-corrected chi connectivity index (χ1v) is 6.79. The van der Waals surface area contributed by atoms with Gasteiger partial charge in [0, 0.05) is 11.9 Å². The number of anilines is 1. The van der Waals surface area contributed by atoms with Gasteiger partial charge in [0.15, 0.2) is 0 Å². The number of hydrogen-bond acceptors (Lipinski definition) is 1. The van der Waals surface area contributed by atoms with Crippen molar-refractivity contribution in [2.45, 2.75) is 20.8 Å². The highest BCUT2D eigenvalue weighted by Crippen LogP contribution is 2.18. The van der Waals surface area contributed by atoms with E-state index in [-0.39, 0.29) is 6.03 Å². The molecular weight excluding hydrogens is 248 g/mol. The van der Waals surface area contributed by atoms with Crippen LogP contribution in [0.1, 0.15) is 20.8 Å². The second-order valence-corrected chi connectivity index (χ2v) is 5.20. The van der Waals surface area contributed by atoms with Crippen molar-refractivity contribution in [3.63, 3.8) is 0 Å². The summed E-state index contributed by atoms with van der Waals surface area (Å²) in [5.41, 5.74) is 1.93. The van der Waals surface area contributed by atoms with Gasteiger partial charge in [-0.1, -0.05) is 49.8 Å². The van der Waals surface area contributed by atoms with Crippen LogP contribution in [0.3, 0.4) is 0 Å². The van der Waals surface area contributed by atoms with E-state index < -0.39 is 0 Å². The number of carbonyl (C=O) groups excluding carboxylic acids is 1. The van der Waals surface area contributed by atoms with Crippen molar-refractivity contribution in [1.82, 2.24) is 5.32 Å². The minimum atomic E-state index is -0.222. The van der Waals surface area contributed by atoms with E-state index in [4.69, 9.17) is 0 Å². The molecule has 0 saturated heterocycles. The molecule has 2 N–H and O–H groups in total. The lowest BCUT2D eigenvalue weighted by Gasteiger charge is -2.08. The summed E-state index contributed by atoms with van der Waals surface area (Å²) in [5.74, 6) is 0.427. The van der Waals surface area contributed by atoms with Gasteiger partial charge in [-0.05, 0) is 35.7 Å². The Balaban J connectivity index is 2.04. The van der Waals surface area contributed by atoms with Gasteiger partial charge in [-0.15, -0.1) is 0 Å². The lowest BCUT2D eigenvalue weighted by molar-refractivity contribution is 0.255. The average Bonchev–Trinajstić information content (AvgIpc) is 2.44. The third-order valence-electron chi connectivity index (χ3n) is 3.35. The Hall–Kier alpha value is -2.29. The Morgan fingerprint density at radius 1 is 1.10 bits per heavy atom. The van der Waals surface area contributed by atoms with E-state index in [9.17, 15) is 4.79 Å². The van der Waals surface area contributed by atoms with Gasteiger partial charge in [-0.25, -0.2) is 4.79 Å². The maximum atomic E-state index is 11.8. The maximum absolute atomic E-state index is 11.8. The number of hydrogen-bond donors (Lipinski definition) is 2. The van der Waals surface area contributed by atoms with Crippen LogP contribution in [0.5, 0.6) is 0 Å². The fourth-order valence-corrected chi connectivity index (χ4v) is 1.78. The molecule has 0 bridgehead atoms. The first-order valence-electron chi connectivity index (χ1n) is 6.79. The smallest absolute Gasteiger partial charge is 0.314 e. The lowest BCUT2D eigenvalue weighted by Crippen LogP contribution is -2.24. The predicted molar refractivity (Wildman–Crippen MR) is 84.7 cm³/mol. The summed E-state index contributed by atoms with van der Waals surface area (Å²) in [5, 5.41) is 7.85. The molecule has 0 unspecified atom stereocenters. The van der Waals surface area contributed by atoms with E-state index in [1.54, 1.807) is 6.20 Å². The van der Waals surface area contributed by atoms with Gasteiger partial charge in [-0.3, -0.25) is 0 Å². The third-order valence-corrected chi connectivity index (χ3v) is 3.35. The van der Waals surface area contributed by atoms with Crippen LogP contribution in [0, 0.1) is 5.92 Å². The molecule has 20 heavy (non-hydrogen) atoms. The van der Waals surface area contributed by atoms with Crippen LogP contribution in [0.2, 0.25) is 0 Å². The van der Waals surface area contributed by atoms with Gasteiger partial charge < -0.3 is 10.6 Å². The van der Waals surface area contributed by atoms with Crippen molar-refractivity contribution in [2.75, 3.05) is 5.32 Å². The van der Waals surface area contributed by atoms with Gasteiger partial charge in [0.1, 0.15) is 0 Å². The summed E-state index contributed by atoms with van der Waals surface area (Å²) < 4.78 is 0. The number of carbonyl (C=O) groups is 1.